The van der Waals surface area contributed by atoms with Gasteiger partial charge in [0, 0.05) is 60.6 Å². The average Bonchev–Trinajstić information content (AvgIpc) is 3.08. The second-order valence-corrected chi connectivity index (χ2v) is 8.67. The maximum absolute atomic E-state index is 4.69. The van der Waals surface area contributed by atoms with E-state index in [9.17, 15) is 0 Å². The molecule has 0 amide bonds. The molecule has 3 aromatic rings. The van der Waals surface area contributed by atoms with Crippen molar-refractivity contribution in [2.24, 2.45) is 0 Å². The molecule has 136 valence electrons. The Kier molecular flexibility index (Phi) is 4.49. The molecule has 0 spiro atoms. The number of aromatic amines is 1. The van der Waals surface area contributed by atoms with Crippen molar-refractivity contribution in [3.8, 4) is 11.3 Å². The number of nitrogens with zero attached hydrogens (tertiary/aromatic N) is 3. The number of fused-ring (bicyclic) bond motifs is 1. The van der Waals surface area contributed by atoms with E-state index in [1.54, 1.807) is 0 Å². The lowest BCUT2D eigenvalue weighted by Gasteiger charge is -2.30. The highest BCUT2D eigenvalue weighted by Gasteiger charge is 2.20. The first kappa shape index (κ1) is 17.5. The second kappa shape index (κ2) is 6.67. The minimum absolute atomic E-state index is 0.0527. The molecule has 6 heteroatoms. The number of anilines is 1. The second-order valence-electron chi connectivity index (χ2n) is 7.81. The first-order chi connectivity index (χ1) is 12.4. The number of nitrogens with one attached hydrogen (secondary N) is 2. The quantitative estimate of drug-likeness (QED) is 0.663. The van der Waals surface area contributed by atoms with E-state index in [1.165, 1.54) is 11.4 Å². The fourth-order valence-corrected chi connectivity index (χ4v) is 3.85. The Morgan fingerprint density at radius 3 is 2.62 bits per heavy atom. The monoisotopic (exact) mass is 413 g/mol. The first-order valence-electron chi connectivity index (χ1n) is 9.03. The molecule has 2 N–H and O–H groups in total. The van der Waals surface area contributed by atoms with Crippen LogP contribution in [0.2, 0.25) is 0 Å². The highest BCUT2D eigenvalue weighted by molar-refractivity contribution is 9.10. The largest absolute Gasteiger partial charge is 0.368 e. The van der Waals surface area contributed by atoms with Crippen LogP contribution in [0.25, 0.3) is 22.3 Å². The molecule has 1 aliphatic heterocycles. The summed E-state index contributed by atoms with van der Waals surface area (Å²) >= 11 is 3.68. The molecule has 4 rings (SSSR count). The molecule has 0 unspecified atom stereocenters. The number of rotatable bonds is 2. The summed E-state index contributed by atoms with van der Waals surface area (Å²) < 4.78 is 1.04. The number of hydrogen-bond acceptors (Lipinski definition) is 4. The zero-order valence-electron chi connectivity index (χ0n) is 15.4. The van der Waals surface area contributed by atoms with Crippen LogP contribution in [0.1, 0.15) is 26.5 Å². The Morgan fingerprint density at radius 1 is 1.12 bits per heavy atom. The summed E-state index contributed by atoms with van der Waals surface area (Å²) in [5, 5.41) is 4.53. The Morgan fingerprint density at radius 2 is 1.88 bits per heavy atom. The smallest absolute Gasteiger partial charge is 0.138 e. The van der Waals surface area contributed by atoms with Gasteiger partial charge in [-0.05, 0) is 34.1 Å². The summed E-state index contributed by atoms with van der Waals surface area (Å²) in [6.07, 6.45) is 3.77. The Hall–Kier alpha value is -1.92. The number of hydrogen-bond donors (Lipinski definition) is 2. The molecule has 26 heavy (non-hydrogen) atoms. The van der Waals surface area contributed by atoms with Crippen molar-refractivity contribution in [1.29, 1.82) is 0 Å². The molecule has 5 nitrogen and oxygen atoms in total. The SMILES string of the molecule is CC(C)(C)c1cc2c(-c3cc(N4CCNCC4)c(Br)cn3)ccnc2[nH]1. The molecule has 0 saturated carbocycles. The predicted molar refractivity (Wildman–Crippen MR) is 111 cm³/mol. The van der Waals surface area contributed by atoms with Crippen LogP contribution in [-0.4, -0.2) is 41.1 Å². The van der Waals surface area contributed by atoms with E-state index in [0.29, 0.717) is 0 Å². The molecule has 0 bridgehead atoms. The van der Waals surface area contributed by atoms with Crippen LogP contribution in [0, 0.1) is 0 Å². The van der Waals surface area contributed by atoms with Crippen molar-refractivity contribution in [1.82, 2.24) is 20.3 Å². The highest BCUT2D eigenvalue weighted by atomic mass is 79.9. The van der Waals surface area contributed by atoms with Gasteiger partial charge in [-0.2, -0.15) is 0 Å². The normalized spacial score (nSPS) is 15.6. The lowest BCUT2D eigenvalue weighted by atomic mass is 9.92. The van der Waals surface area contributed by atoms with Crippen LogP contribution >= 0.6 is 15.9 Å². The summed E-state index contributed by atoms with van der Waals surface area (Å²) in [5.74, 6) is 0. The van der Waals surface area contributed by atoms with Gasteiger partial charge in [-0.25, -0.2) is 4.98 Å². The van der Waals surface area contributed by atoms with E-state index in [0.717, 1.165) is 52.9 Å². The molecule has 1 aliphatic rings. The number of H-pyrrole nitrogens is 1. The third kappa shape index (κ3) is 3.23. The van der Waals surface area contributed by atoms with Gasteiger partial charge in [0.15, 0.2) is 0 Å². The van der Waals surface area contributed by atoms with Crippen LogP contribution in [0.15, 0.2) is 35.1 Å². The number of aromatic nitrogens is 3. The minimum atomic E-state index is 0.0527. The van der Waals surface area contributed by atoms with Gasteiger partial charge in [0.2, 0.25) is 0 Å². The van der Waals surface area contributed by atoms with Crippen molar-refractivity contribution in [2.45, 2.75) is 26.2 Å². The van der Waals surface area contributed by atoms with Crippen molar-refractivity contribution in [3.63, 3.8) is 0 Å². The summed E-state index contributed by atoms with van der Waals surface area (Å²) in [6, 6.07) is 6.46. The molecule has 0 atom stereocenters. The fraction of sp³-hybridized carbons (Fsp3) is 0.400. The third-order valence-corrected chi connectivity index (χ3v) is 5.52. The lowest BCUT2D eigenvalue weighted by Crippen LogP contribution is -2.43. The third-order valence-electron chi connectivity index (χ3n) is 4.91. The summed E-state index contributed by atoms with van der Waals surface area (Å²) in [4.78, 5) is 15.1. The van der Waals surface area contributed by atoms with E-state index >= 15 is 0 Å². The Bertz CT molecular complexity index is 935. The van der Waals surface area contributed by atoms with Crippen molar-refractivity contribution in [3.05, 3.63) is 40.8 Å². The minimum Gasteiger partial charge on any atom is -0.368 e. The Labute approximate surface area is 162 Å². The van der Waals surface area contributed by atoms with E-state index in [2.05, 4.69) is 75.1 Å². The maximum atomic E-state index is 4.69. The number of piperazine rings is 1. The molecular formula is C20H24BrN5. The maximum Gasteiger partial charge on any atom is 0.138 e. The van der Waals surface area contributed by atoms with Gasteiger partial charge < -0.3 is 15.2 Å². The summed E-state index contributed by atoms with van der Waals surface area (Å²) in [6.45, 7) is 10.7. The summed E-state index contributed by atoms with van der Waals surface area (Å²) in [7, 11) is 0. The van der Waals surface area contributed by atoms with E-state index in [4.69, 9.17) is 4.98 Å². The van der Waals surface area contributed by atoms with Crippen LogP contribution in [-0.2, 0) is 5.41 Å². The lowest BCUT2D eigenvalue weighted by molar-refractivity contribution is 0.574. The van der Waals surface area contributed by atoms with Crippen molar-refractivity contribution in [2.75, 3.05) is 31.1 Å². The van der Waals surface area contributed by atoms with E-state index in [-0.39, 0.29) is 5.41 Å². The summed E-state index contributed by atoms with van der Waals surface area (Å²) in [5.41, 5.74) is 5.46. The molecule has 0 aromatic carbocycles. The Balaban J connectivity index is 1.81. The van der Waals surface area contributed by atoms with Crippen molar-refractivity contribution >= 4 is 32.7 Å². The van der Waals surface area contributed by atoms with Gasteiger partial charge in [-0.3, -0.25) is 4.98 Å². The molecule has 4 heterocycles. The fourth-order valence-electron chi connectivity index (χ4n) is 3.38. The van der Waals surface area contributed by atoms with Crippen LogP contribution < -0.4 is 10.2 Å². The zero-order valence-corrected chi connectivity index (χ0v) is 17.0. The molecule has 0 radical (unpaired) electrons. The van der Waals surface area contributed by atoms with E-state index in [1.807, 2.05) is 12.4 Å². The first-order valence-corrected chi connectivity index (χ1v) is 9.82. The van der Waals surface area contributed by atoms with Gasteiger partial charge in [0.25, 0.3) is 0 Å². The zero-order chi connectivity index (χ0) is 18.3. The molecular weight excluding hydrogens is 390 g/mol. The number of pyridine rings is 2. The van der Waals surface area contributed by atoms with Crippen LogP contribution in [0.5, 0.6) is 0 Å². The average molecular weight is 414 g/mol. The highest BCUT2D eigenvalue weighted by Crippen LogP contribution is 2.34. The topological polar surface area (TPSA) is 56.8 Å². The van der Waals surface area contributed by atoms with Gasteiger partial charge in [0.05, 0.1) is 15.9 Å². The predicted octanol–water partition coefficient (Wildman–Crippen LogP) is 4.09. The van der Waals surface area contributed by atoms with E-state index < -0.39 is 0 Å². The van der Waals surface area contributed by atoms with Crippen LogP contribution in [0.4, 0.5) is 5.69 Å². The van der Waals surface area contributed by atoms with Gasteiger partial charge in [-0.1, -0.05) is 20.8 Å². The van der Waals surface area contributed by atoms with Gasteiger partial charge in [-0.15, -0.1) is 0 Å². The standard InChI is InChI=1S/C20H24BrN5/c1-20(2,3)18-10-14-13(4-5-23-19(14)25-18)16-11-17(15(21)12-24-16)26-8-6-22-7-9-26/h4-5,10-12,22H,6-9H2,1-3H3,(H,23,25). The molecule has 3 aromatic heterocycles. The van der Waals surface area contributed by atoms with Gasteiger partial charge >= 0.3 is 0 Å². The molecule has 1 saturated heterocycles. The number of halogens is 1. The van der Waals surface area contributed by atoms with Gasteiger partial charge in [0.1, 0.15) is 5.65 Å². The molecule has 1 fully saturated rings. The van der Waals surface area contributed by atoms with Crippen molar-refractivity contribution < 1.29 is 0 Å². The van der Waals surface area contributed by atoms with Crippen LogP contribution in [0.3, 0.4) is 0 Å². The molecule has 0 aliphatic carbocycles.